The highest BCUT2D eigenvalue weighted by atomic mass is 32.1. The predicted molar refractivity (Wildman–Crippen MR) is 90.5 cm³/mol. The minimum atomic E-state index is -0.479. The average Bonchev–Trinajstić information content (AvgIpc) is 3.25. The fraction of sp³-hybridized carbons (Fsp3) is 0.118. The molecule has 3 aromatic rings. The van der Waals surface area contributed by atoms with Gasteiger partial charge in [0.15, 0.2) is 18.2 Å². The third-order valence-electron chi connectivity index (χ3n) is 3.20. The number of thiophene rings is 2. The second-order valence-electron chi connectivity index (χ2n) is 4.79. The molecule has 23 heavy (non-hydrogen) atoms. The summed E-state index contributed by atoms with van der Waals surface area (Å²) in [6, 6.07) is 11.7. The molecule has 1 N–H and O–H groups in total. The Morgan fingerprint density at radius 2 is 2.04 bits per heavy atom. The molecule has 3 rings (SSSR count). The highest BCUT2D eigenvalue weighted by Crippen LogP contribution is 2.27. The minimum absolute atomic E-state index is 0.0749. The molecule has 1 amide bonds. The van der Waals surface area contributed by atoms with Gasteiger partial charge in [-0.05, 0) is 46.0 Å². The first-order chi connectivity index (χ1) is 11.2. The Morgan fingerprint density at radius 3 is 2.74 bits per heavy atom. The number of benzene rings is 1. The van der Waals surface area contributed by atoms with E-state index in [1.807, 2.05) is 34.3 Å². The zero-order valence-electron chi connectivity index (χ0n) is 12.1. The standard InChI is InChI=1S/C17H14FNO2S2/c18-13-4-1-2-5-14(13)21-10-16(20)19-17(12-7-9-22-11-12)15-6-3-8-23-15/h1-9,11,17H,10H2,(H,19,20)/t17-/m1/s1. The van der Waals surface area contributed by atoms with Gasteiger partial charge in [-0.1, -0.05) is 18.2 Å². The molecule has 0 unspecified atom stereocenters. The molecule has 1 aromatic carbocycles. The van der Waals surface area contributed by atoms with Crippen molar-refractivity contribution in [2.45, 2.75) is 6.04 Å². The van der Waals surface area contributed by atoms with Crippen LogP contribution in [0.25, 0.3) is 0 Å². The molecule has 0 aliphatic heterocycles. The SMILES string of the molecule is O=C(COc1ccccc1F)N[C@H](c1ccsc1)c1cccs1. The van der Waals surface area contributed by atoms with Crippen LogP contribution in [0.15, 0.2) is 58.6 Å². The maximum Gasteiger partial charge on any atom is 0.258 e. The van der Waals surface area contributed by atoms with Gasteiger partial charge in [0.05, 0.1) is 6.04 Å². The summed E-state index contributed by atoms with van der Waals surface area (Å²) in [7, 11) is 0. The van der Waals surface area contributed by atoms with E-state index in [0.29, 0.717) is 0 Å². The first-order valence-corrected chi connectivity index (χ1v) is 8.78. The van der Waals surface area contributed by atoms with E-state index < -0.39 is 5.82 Å². The fourth-order valence-corrected chi connectivity index (χ4v) is 3.61. The largest absolute Gasteiger partial charge is 0.481 e. The van der Waals surface area contributed by atoms with Gasteiger partial charge in [0.25, 0.3) is 5.91 Å². The van der Waals surface area contributed by atoms with Crippen LogP contribution < -0.4 is 10.1 Å². The van der Waals surface area contributed by atoms with Crippen LogP contribution >= 0.6 is 22.7 Å². The normalized spacial score (nSPS) is 11.9. The number of para-hydroxylation sites is 1. The summed E-state index contributed by atoms with van der Waals surface area (Å²) < 4.78 is 18.7. The lowest BCUT2D eigenvalue weighted by Crippen LogP contribution is -2.32. The molecule has 0 saturated carbocycles. The molecule has 2 aromatic heterocycles. The van der Waals surface area contributed by atoms with Crippen molar-refractivity contribution in [3.8, 4) is 5.75 Å². The van der Waals surface area contributed by atoms with Crippen LogP contribution in [0.3, 0.4) is 0 Å². The maximum atomic E-state index is 13.5. The van der Waals surface area contributed by atoms with Crippen molar-refractivity contribution in [1.29, 1.82) is 0 Å². The molecule has 0 aliphatic carbocycles. The topological polar surface area (TPSA) is 38.3 Å². The van der Waals surface area contributed by atoms with Gasteiger partial charge in [-0.25, -0.2) is 4.39 Å². The van der Waals surface area contributed by atoms with Crippen molar-refractivity contribution in [3.63, 3.8) is 0 Å². The van der Waals surface area contributed by atoms with E-state index in [4.69, 9.17) is 4.74 Å². The van der Waals surface area contributed by atoms with Crippen molar-refractivity contribution in [2.24, 2.45) is 0 Å². The van der Waals surface area contributed by atoms with Crippen molar-refractivity contribution in [1.82, 2.24) is 5.32 Å². The number of amides is 1. The smallest absolute Gasteiger partial charge is 0.258 e. The van der Waals surface area contributed by atoms with Crippen molar-refractivity contribution < 1.29 is 13.9 Å². The minimum Gasteiger partial charge on any atom is -0.481 e. The van der Waals surface area contributed by atoms with E-state index in [1.165, 1.54) is 12.1 Å². The van der Waals surface area contributed by atoms with Gasteiger partial charge in [-0.2, -0.15) is 11.3 Å². The van der Waals surface area contributed by atoms with E-state index >= 15 is 0 Å². The molecule has 1 atom stereocenters. The molecule has 118 valence electrons. The van der Waals surface area contributed by atoms with Gasteiger partial charge < -0.3 is 10.1 Å². The average molecular weight is 347 g/mol. The summed E-state index contributed by atoms with van der Waals surface area (Å²) in [5.41, 5.74) is 1.02. The lowest BCUT2D eigenvalue weighted by Gasteiger charge is -2.17. The van der Waals surface area contributed by atoms with Gasteiger partial charge in [-0.15, -0.1) is 11.3 Å². The van der Waals surface area contributed by atoms with Crippen LogP contribution in [0.2, 0.25) is 0 Å². The molecule has 0 saturated heterocycles. The van der Waals surface area contributed by atoms with Crippen LogP contribution in [0, 0.1) is 5.82 Å². The molecule has 0 spiro atoms. The van der Waals surface area contributed by atoms with Gasteiger partial charge in [-0.3, -0.25) is 4.79 Å². The van der Waals surface area contributed by atoms with Crippen molar-refractivity contribution in [2.75, 3.05) is 6.61 Å². The fourth-order valence-electron chi connectivity index (χ4n) is 2.12. The molecular weight excluding hydrogens is 333 g/mol. The van der Waals surface area contributed by atoms with Crippen LogP contribution in [0.4, 0.5) is 4.39 Å². The second kappa shape index (κ2) is 7.39. The third-order valence-corrected chi connectivity index (χ3v) is 4.84. The summed E-state index contributed by atoms with van der Waals surface area (Å²) in [6.07, 6.45) is 0. The molecule has 2 heterocycles. The van der Waals surface area contributed by atoms with Crippen LogP contribution in [-0.4, -0.2) is 12.5 Å². The molecule has 0 bridgehead atoms. The number of carbonyl (C=O) groups is 1. The quantitative estimate of drug-likeness (QED) is 0.724. The molecule has 0 aliphatic rings. The second-order valence-corrected chi connectivity index (χ2v) is 6.55. The van der Waals surface area contributed by atoms with Gasteiger partial charge in [0.2, 0.25) is 0 Å². The Labute approximate surface area is 141 Å². The summed E-state index contributed by atoms with van der Waals surface area (Å²) in [4.78, 5) is 13.2. The highest BCUT2D eigenvalue weighted by Gasteiger charge is 2.18. The van der Waals surface area contributed by atoms with Crippen molar-refractivity contribution >= 4 is 28.6 Å². The van der Waals surface area contributed by atoms with Gasteiger partial charge in [0, 0.05) is 4.88 Å². The zero-order chi connectivity index (χ0) is 16.1. The summed E-state index contributed by atoms with van der Waals surface area (Å²) in [5.74, 6) is -0.698. The number of hydrogen-bond acceptors (Lipinski definition) is 4. The van der Waals surface area contributed by atoms with Crippen LogP contribution in [0.1, 0.15) is 16.5 Å². The lowest BCUT2D eigenvalue weighted by molar-refractivity contribution is -0.123. The van der Waals surface area contributed by atoms with Crippen molar-refractivity contribution in [3.05, 3.63) is 74.9 Å². The number of halogens is 1. The monoisotopic (exact) mass is 347 g/mol. The summed E-state index contributed by atoms with van der Waals surface area (Å²) in [6.45, 7) is -0.229. The van der Waals surface area contributed by atoms with E-state index in [0.717, 1.165) is 10.4 Å². The predicted octanol–water partition coefficient (Wildman–Crippen LogP) is 4.23. The first-order valence-electron chi connectivity index (χ1n) is 6.96. The zero-order valence-corrected chi connectivity index (χ0v) is 13.7. The van der Waals surface area contributed by atoms with Crippen LogP contribution in [0.5, 0.6) is 5.75 Å². The molecule has 6 heteroatoms. The summed E-state index contributed by atoms with van der Waals surface area (Å²) >= 11 is 3.15. The summed E-state index contributed by atoms with van der Waals surface area (Å²) in [5, 5.41) is 8.88. The Bertz CT molecular complexity index is 723. The van der Waals surface area contributed by atoms with E-state index in [9.17, 15) is 9.18 Å². The molecule has 3 nitrogen and oxygen atoms in total. The Balaban J connectivity index is 1.66. The van der Waals surface area contributed by atoms with E-state index in [2.05, 4.69) is 5.32 Å². The Hall–Kier alpha value is -2.18. The number of carbonyl (C=O) groups excluding carboxylic acids is 1. The Morgan fingerprint density at radius 1 is 1.17 bits per heavy atom. The van der Waals surface area contributed by atoms with Gasteiger partial charge in [0.1, 0.15) is 0 Å². The number of rotatable bonds is 6. The van der Waals surface area contributed by atoms with Crippen LogP contribution in [-0.2, 0) is 4.79 Å². The Kier molecular flexibility index (Phi) is 5.05. The van der Waals surface area contributed by atoms with E-state index in [1.54, 1.807) is 34.8 Å². The molecule has 0 radical (unpaired) electrons. The maximum absolute atomic E-state index is 13.5. The number of nitrogens with one attached hydrogen (secondary N) is 1. The third kappa shape index (κ3) is 3.97. The number of ether oxygens (including phenoxy) is 1. The molecule has 0 fully saturated rings. The lowest BCUT2D eigenvalue weighted by atomic mass is 10.1. The van der Waals surface area contributed by atoms with E-state index in [-0.39, 0.29) is 24.3 Å². The number of hydrogen-bond donors (Lipinski definition) is 1. The van der Waals surface area contributed by atoms with Gasteiger partial charge >= 0.3 is 0 Å². The molecular formula is C17H14FNO2S2. The first kappa shape index (κ1) is 15.7. The highest BCUT2D eigenvalue weighted by molar-refractivity contribution is 7.10.